The first kappa shape index (κ1) is 12.9. The maximum absolute atomic E-state index is 13.5. The fourth-order valence-electron chi connectivity index (χ4n) is 1.43. The normalized spacial score (nSPS) is 10.1. The summed E-state index contributed by atoms with van der Waals surface area (Å²) in [6.07, 6.45) is 3.45. The Morgan fingerprint density at radius 2 is 2.19 bits per heavy atom. The molecule has 16 heavy (non-hydrogen) atoms. The third-order valence-corrected chi connectivity index (χ3v) is 2.56. The molecule has 4 heteroatoms. The third kappa shape index (κ3) is 3.77. The molecule has 1 aromatic carbocycles. The summed E-state index contributed by atoms with van der Waals surface area (Å²) in [6, 6.07) is 4.84. The van der Waals surface area contributed by atoms with Gasteiger partial charge in [0.15, 0.2) is 0 Å². The minimum atomic E-state index is -0.368. The molecule has 88 valence electrons. The zero-order chi connectivity index (χ0) is 12.0. The topological polar surface area (TPSA) is 38.0 Å². The molecule has 0 aliphatic carbocycles. The predicted molar refractivity (Wildman–Crippen MR) is 70.3 cm³/mol. The Morgan fingerprint density at radius 3 is 2.75 bits per heavy atom. The molecule has 2 nitrogen and oxygen atoms in total. The van der Waals surface area contributed by atoms with Gasteiger partial charge in [0.05, 0.1) is 0 Å². The highest BCUT2D eigenvalue weighted by Crippen LogP contribution is 2.14. The van der Waals surface area contributed by atoms with Crippen LogP contribution in [0.1, 0.15) is 31.7 Å². The second-order valence-electron chi connectivity index (χ2n) is 3.69. The van der Waals surface area contributed by atoms with Crippen molar-refractivity contribution in [3.63, 3.8) is 0 Å². The average molecular weight is 240 g/mol. The Labute approximate surface area is 101 Å². The van der Waals surface area contributed by atoms with E-state index in [1.165, 1.54) is 18.9 Å². The van der Waals surface area contributed by atoms with Gasteiger partial charge in [-0.1, -0.05) is 32.0 Å². The molecular formula is C12H17FN2S. The minimum Gasteiger partial charge on any atom is -0.389 e. The summed E-state index contributed by atoms with van der Waals surface area (Å²) in [6.45, 7) is 3.01. The summed E-state index contributed by atoms with van der Waals surface area (Å²) in [5.74, 6) is -0.368. The molecule has 0 heterocycles. The van der Waals surface area contributed by atoms with Crippen molar-refractivity contribution in [2.45, 2.75) is 26.2 Å². The number of hydrogen-bond donors (Lipinski definition) is 2. The Morgan fingerprint density at radius 1 is 1.44 bits per heavy atom. The van der Waals surface area contributed by atoms with Crippen molar-refractivity contribution in [3.05, 3.63) is 29.6 Å². The van der Waals surface area contributed by atoms with Gasteiger partial charge in [-0.05, 0) is 24.6 Å². The van der Waals surface area contributed by atoms with Gasteiger partial charge in [0.25, 0.3) is 0 Å². The van der Waals surface area contributed by atoms with Gasteiger partial charge in [-0.2, -0.15) is 0 Å². The molecule has 0 fully saturated rings. The molecular weight excluding hydrogens is 223 g/mol. The summed E-state index contributed by atoms with van der Waals surface area (Å²) < 4.78 is 13.5. The number of hydrogen-bond acceptors (Lipinski definition) is 2. The molecule has 0 saturated carbocycles. The van der Waals surface area contributed by atoms with Gasteiger partial charge in [0.2, 0.25) is 0 Å². The maximum Gasteiger partial charge on any atom is 0.135 e. The first-order valence-corrected chi connectivity index (χ1v) is 5.89. The summed E-state index contributed by atoms with van der Waals surface area (Å²) in [7, 11) is 0. The van der Waals surface area contributed by atoms with Crippen molar-refractivity contribution in [1.29, 1.82) is 0 Å². The van der Waals surface area contributed by atoms with Crippen LogP contribution in [0.25, 0.3) is 0 Å². The standard InChI is InChI=1S/C12H17FN2S/c1-2-3-4-7-15-9-5-6-10(12(14)16)11(13)8-9/h5-6,8,15H,2-4,7H2,1H3,(H2,14,16). The van der Waals surface area contributed by atoms with E-state index in [0.717, 1.165) is 18.7 Å². The highest BCUT2D eigenvalue weighted by molar-refractivity contribution is 7.80. The molecule has 0 unspecified atom stereocenters. The van der Waals surface area contributed by atoms with E-state index in [-0.39, 0.29) is 10.8 Å². The quantitative estimate of drug-likeness (QED) is 0.593. The molecule has 0 amide bonds. The number of thiocarbonyl (C=S) groups is 1. The smallest absolute Gasteiger partial charge is 0.135 e. The molecule has 0 aromatic heterocycles. The SMILES string of the molecule is CCCCCNc1ccc(C(N)=S)c(F)c1. The second kappa shape index (κ2) is 6.43. The zero-order valence-electron chi connectivity index (χ0n) is 9.42. The molecule has 0 bridgehead atoms. The van der Waals surface area contributed by atoms with Crippen LogP contribution in [0.2, 0.25) is 0 Å². The van der Waals surface area contributed by atoms with Crippen LogP contribution in [-0.2, 0) is 0 Å². The largest absolute Gasteiger partial charge is 0.389 e. The zero-order valence-corrected chi connectivity index (χ0v) is 10.2. The van der Waals surface area contributed by atoms with Crippen molar-refractivity contribution < 1.29 is 4.39 Å². The van der Waals surface area contributed by atoms with Gasteiger partial charge < -0.3 is 11.1 Å². The number of rotatable bonds is 6. The highest BCUT2D eigenvalue weighted by Gasteiger charge is 2.05. The fraction of sp³-hybridized carbons (Fsp3) is 0.417. The molecule has 3 N–H and O–H groups in total. The van der Waals surface area contributed by atoms with Crippen LogP contribution in [0.15, 0.2) is 18.2 Å². The van der Waals surface area contributed by atoms with E-state index in [2.05, 4.69) is 12.2 Å². The molecule has 0 atom stereocenters. The average Bonchev–Trinajstić information content (AvgIpc) is 2.24. The first-order valence-electron chi connectivity index (χ1n) is 5.48. The van der Waals surface area contributed by atoms with Crippen LogP contribution >= 0.6 is 12.2 Å². The van der Waals surface area contributed by atoms with E-state index >= 15 is 0 Å². The van der Waals surface area contributed by atoms with Gasteiger partial charge in [0, 0.05) is 17.8 Å². The second-order valence-corrected chi connectivity index (χ2v) is 4.13. The van der Waals surface area contributed by atoms with Gasteiger partial charge in [0.1, 0.15) is 10.8 Å². The van der Waals surface area contributed by atoms with Crippen molar-refractivity contribution in [2.75, 3.05) is 11.9 Å². The van der Waals surface area contributed by atoms with Crippen molar-refractivity contribution in [2.24, 2.45) is 5.73 Å². The van der Waals surface area contributed by atoms with Gasteiger partial charge in [-0.3, -0.25) is 0 Å². The lowest BCUT2D eigenvalue weighted by atomic mass is 10.2. The van der Waals surface area contributed by atoms with E-state index in [1.807, 2.05) is 0 Å². The van der Waals surface area contributed by atoms with Crippen LogP contribution in [0.3, 0.4) is 0 Å². The van der Waals surface area contributed by atoms with Crippen molar-refractivity contribution in [1.82, 2.24) is 0 Å². The number of halogens is 1. The maximum atomic E-state index is 13.5. The lowest BCUT2D eigenvalue weighted by molar-refractivity contribution is 0.625. The Hall–Kier alpha value is -1.16. The Kier molecular flexibility index (Phi) is 5.19. The van der Waals surface area contributed by atoms with Gasteiger partial charge in [-0.15, -0.1) is 0 Å². The van der Waals surface area contributed by atoms with Crippen LogP contribution in [0.5, 0.6) is 0 Å². The Balaban J connectivity index is 2.56. The lowest BCUT2D eigenvalue weighted by Gasteiger charge is -2.07. The predicted octanol–water partition coefficient (Wildman–Crippen LogP) is 3.06. The fourth-order valence-corrected chi connectivity index (χ4v) is 1.60. The van der Waals surface area contributed by atoms with Crippen molar-refractivity contribution >= 4 is 22.9 Å². The number of benzene rings is 1. The lowest BCUT2D eigenvalue weighted by Crippen LogP contribution is -2.12. The molecule has 1 aromatic rings. The summed E-state index contributed by atoms with van der Waals surface area (Å²) >= 11 is 4.73. The molecule has 0 aliphatic heterocycles. The third-order valence-electron chi connectivity index (χ3n) is 2.34. The summed E-state index contributed by atoms with van der Waals surface area (Å²) in [5, 5.41) is 3.16. The van der Waals surface area contributed by atoms with E-state index in [1.54, 1.807) is 12.1 Å². The van der Waals surface area contributed by atoms with Crippen LogP contribution in [0.4, 0.5) is 10.1 Å². The number of anilines is 1. The number of unbranched alkanes of at least 4 members (excludes halogenated alkanes) is 2. The van der Waals surface area contributed by atoms with Crippen LogP contribution in [0, 0.1) is 5.82 Å². The van der Waals surface area contributed by atoms with E-state index in [4.69, 9.17) is 18.0 Å². The highest BCUT2D eigenvalue weighted by atomic mass is 32.1. The number of nitrogens with one attached hydrogen (secondary N) is 1. The molecule has 0 radical (unpaired) electrons. The monoisotopic (exact) mass is 240 g/mol. The van der Waals surface area contributed by atoms with Gasteiger partial charge in [-0.25, -0.2) is 4.39 Å². The Bertz CT molecular complexity index is 366. The van der Waals surface area contributed by atoms with Gasteiger partial charge >= 0.3 is 0 Å². The van der Waals surface area contributed by atoms with E-state index in [0.29, 0.717) is 5.56 Å². The first-order chi connectivity index (χ1) is 7.65. The number of nitrogens with two attached hydrogens (primary N) is 1. The summed E-state index contributed by atoms with van der Waals surface area (Å²) in [5.41, 5.74) is 6.45. The van der Waals surface area contributed by atoms with Crippen LogP contribution in [-0.4, -0.2) is 11.5 Å². The summed E-state index contributed by atoms with van der Waals surface area (Å²) in [4.78, 5) is 0.0926. The molecule has 0 aliphatic rings. The molecule has 1 rings (SSSR count). The van der Waals surface area contributed by atoms with E-state index < -0.39 is 0 Å². The van der Waals surface area contributed by atoms with Crippen LogP contribution < -0.4 is 11.1 Å². The molecule has 0 saturated heterocycles. The minimum absolute atomic E-state index is 0.0926. The molecule has 0 spiro atoms. The van der Waals surface area contributed by atoms with Crippen molar-refractivity contribution in [3.8, 4) is 0 Å². The van der Waals surface area contributed by atoms with E-state index in [9.17, 15) is 4.39 Å².